The average Bonchev–Trinajstić information content (AvgIpc) is 2.73. The van der Waals surface area contributed by atoms with Gasteiger partial charge in [-0.25, -0.2) is 0 Å². The standard InChI is InChI=1S/C12H14N2/c1-13-8-6-10-9-4-2-3-5-11(9)14-12(10)7-8/h2-5,8,13-14H,6-7H2,1H3. The van der Waals surface area contributed by atoms with E-state index in [2.05, 4.69) is 34.6 Å². The summed E-state index contributed by atoms with van der Waals surface area (Å²) < 4.78 is 0. The third kappa shape index (κ3) is 1.01. The first-order valence-corrected chi connectivity index (χ1v) is 5.14. The van der Waals surface area contributed by atoms with Crippen LogP contribution in [0.5, 0.6) is 0 Å². The largest absolute Gasteiger partial charge is 0.358 e. The van der Waals surface area contributed by atoms with Crippen molar-refractivity contribution in [1.29, 1.82) is 0 Å². The summed E-state index contributed by atoms with van der Waals surface area (Å²) >= 11 is 0. The lowest BCUT2D eigenvalue weighted by Crippen LogP contribution is -2.25. The minimum Gasteiger partial charge on any atom is -0.358 e. The number of benzene rings is 1. The molecule has 2 N–H and O–H groups in total. The zero-order chi connectivity index (χ0) is 9.54. The maximum Gasteiger partial charge on any atom is 0.0458 e. The van der Waals surface area contributed by atoms with E-state index in [1.165, 1.54) is 22.2 Å². The number of aromatic amines is 1. The van der Waals surface area contributed by atoms with Gasteiger partial charge in [-0.1, -0.05) is 18.2 Å². The van der Waals surface area contributed by atoms with Crippen LogP contribution < -0.4 is 5.32 Å². The van der Waals surface area contributed by atoms with Gasteiger partial charge in [0.25, 0.3) is 0 Å². The molecule has 14 heavy (non-hydrogen) atoms. The first-order valence-electron chi connectivity index (χ1n) is 5.14. The molecule has 1 unspecified atom stereocenters. The van der Waals surface area contributed by atoms with Crippen molar-refractivity contribution < 1.29 is 0 Å². The molecule has 1 aromatic heterocycles. The molecule has 0 bridgehead atoms. The van der Waals surface area contributed by atoms with Gasteiger partial charge in [0, 0.05) is 29.1 Å². The van der Waals surface area contributed by atoms with E-state index < -0.39 is 0 Å². The van der Waals surface area contributed by atoms with Crippen LogP contribution in [-0.2, 0) is 12.8 Å². The summed E-state index contributed by atoms with van der Waals surface area (Å²) in [5.74, 6) is 0. The molecule has 72 valence electrons. The Labute approximate surface area is 83.3 Å². The SMILES string of the molecule is CNC1Cc2[nH]c3ccccc3c2C1. The van der Waals surface area contributed by atoms with Crippen molar-refractivity contribution >= 4 is 10.9 Å². The van der Waals surface area contributed by atoms with Crippen molar-refractivity contribution in [2.45, 2.75) is 18.9 Å². The molecule has 1 aromatic carbocycles. The highest BCUT2D eigenvalue weighted by Crippen LogP contribution is 2.29. The van der Waals surface area contributed by atoms with E-state index in [4.69, 9.17) is 0 Å². The Morgan fingerprint density at radius 2 is 2.14 bits per heavy atom. The van der Waals surface area contributed by atoms with Crippen LogP contribution in [0, 0.1) is 0 Å². The summed E-state index contributed by atoms with van der Waals surface area (Å²) in [6.07, 6.45) is 2.30. The lowest BCUT2D eigenvalue weighted by atomic mass is 10.1. The minimum absolute atomic E-state index is 0.626. The number of rotatable bonds is 1. The zero-order valence-electron chi connectivity index (χ0n) is 8.30. The smallest absolute Gasteiger partial charge is 0.0458 e. The van der Waals surface area contributed by atoms with Gasteiger partial charge in [-0.05, 0) is 25.1 Å². The van der Waals surface area contributed by atoms with E-state index in [1.807, 2.05) is 7.05 Å². The van der Waals surface area contributed by atoms with Gasteiger partial charge in [0.05, 0.1) is 0 Å². The van der Waals surface area contributed by atoms with E-state index in [0.717, 1.165) is 12.8 Å². The molecule has 1 heterocycles. The Bertz CT molecular complexity index is 470. The van der Waals surface area contributed by atoms with Gasteiger partial charge in [0.1, 0.15) is 0 Å². The van der Waals surface area contributed by atoms with Gasteiger partial charge in [0.15, 0.2) is 0 Å². The molecule has 2 nitrogen and oxygen atoms in total. The number of likely N-dealkylation sites (N-methyl/N-ethyl adjacent to an activating group) is 1. The zero-order valence-corrected chi connectivity index (χ0v) is 8.30. The van der Waals surface area contributed by atoms with Crippen LogP contribution in [0.15, 0.2) is 24.3 Å². The normalized spacial score (nSPS) is 20.2. The van der Waals surface area contributed by atoms with E-state index in [-0.39, 0.29) is 0 Å². The number of hydrogen-bond acceptors (Lipinski definition) is 1. The molecule has 0 saturated heterocycles. The quantitative estimate of drug-likeness (QED) is 0.699. The van der Waals surface area contributed by atoms with Crippen LogP contribution in [0.3, 0.4) is 0 Å². The lowest BCUT2D eigenvalue weighted by Gasteiger charge is -2.06. The summed E-state index contributed by atoms with van der Waals surface area (Å²) in [6.45, 7) is 0. The molecule has 2 aromatic rings. The first-order chi connectivity index (χ1) is 6.88. The molecule has 0 spiro atoms. The number of fused-ring (bicyclic) bond motifs is 3. The fraction of sp³-hybridized carbons (Fsp3) is 0.333. The Morgan fingerprint density at radius 1 is 1.29 bits per heavy atom. The van der Waals surface area contributed by atoms with Crippen molar-refractivity contribution in [3.8, 4) is 0 Å². The summed E-state index contributed by atoms with van der Waals surface area (Å²) in [6, 6.07) is 9.19. The number of hydrogen-bond donors (Lipinski definition) is 2. The summed E-state index contributed by atoms with van der Waals surface area (Å²) in [4.78, 5) is 3.50. The fourth-order valence-corrected chi connectivity index (χ4v) is 2.43. The van der Waals surface area contributed by atoms with Crippen LogP contribution in [0.4, 0.5) is 0 Å². The molecule has 0 radical (unpaired) electrons. The number of aromatic nitrogens is 1. The third-order valence-electron chi connectivity index (χ3n) is 3.21. The molecule has 0 fully saturated rings. The molecule has 1 aliphatic carbocycles. The Hall–Kier alpha value is -1.28. The van der Waals surface area contributed by atoms with Crippen molar-refractivity contribution in [3.05, 3.63) is 35.5 Å². The maximum absolute atomic E-state index is 3.50. The van der Waals surface area contributed by atoms with Gasteiger partial charge in [-0.2, -0.15) is 0 Å². The Balaban J connectivity index is 2.16. The maximum atomic E-state index is 3.50. The molecule has 0 saturated carbocycles. The first kappa shape index (κ1) is 8.06. The molecule has 0 amide bonds. The molecule has 2 heteroatoms. The second kappa shape index (κ2) is 2.85. The van der Waals surface area contributed by atoms with Crippen LogP contribution in [0.25, 0.3) is 10.9 Å². The minimum atomic E-state index is 0.626. The van der Waals surface area contributed by atoms with E-state index in [0.29, 0.717) is 6.04 Å². The number of para-hydroxylation sites is 1. The fourth-order valence-electron chi connectivity index (χ4n) is 2.43. The average molecular weight is 186 g/mol. The van der Waals surface area contributed by atoms with Gasteiger partial charge < -0.3 is 10.3 Å². The van der Waals surface area contributed by atoms with E-state index in [1.54, 1.807) is 0 Å². The van der Waals surface area contributed by atoms with Gasteiger partial charge in [-0.3, -0.25) is 0 Å². The Kier molecular flexibility index (Phi) is 1.64. The lowest BCUT2D eigenvalue weighted by molar-refractivity contribution is 0.591. The number of nitrogens with one attached hydrogen (secondary N) is 2. The predicted octanol–water partition coefficient (Wildman–Crippen LogP) is 1.85. The van der Waals surface area contributed by atoms with Crippen LogP contribution in [0.2, 0.25) is 0 Å². The van der Waals surface area contributed by atoms with Gasteiger partial charge in [0.2, 0.25) is 0 Å². The highest BCUT2D eigenvalue weighted by atomic mass is 14.9. The van der Waals surface area contributed by atoms with E-state index >= 15 is 0 Å². The molecular formula is C12H14N2. The van der Waals surface area contributed by atoms with Gasteiger partial charge in [-0.15, -0.1) is 0 Å². The van der Waals surface area contributed by atoms with Crippen LogP contribution in [0.1, 0.15) is 11.3 Å². The summed E-state index contributed by atoms with van der Waals surface area (Å²) in [7, 11) is 2.04. The molecule has 3 rings (SSSR count). The van der Waals surface area contributed by atoms with Crippen molar-refractivity contribution in [2.75, 3.05) is 7.05 Å². The highest BCUT2D eigenvalue weighted by molar-refractivity contribution is 5.85. The predicted molar refractivity (Wildman–Crippen MR) is 58.6 cm³/mol. The van der Waals surface area contributed by atoms with Crippen molar-refractivity contribution in [2.24, 2.45) is 0 Å². The summed E-state index contributed by atoms with van der Waals surface area (Å²) in [5, 5.41) is 4.74. The van der Waals surface area contributed by atoms with Crippen molar-refractivity contribution in [3.63, 3.8) is 0 Å². The monoisotopic (exact) mass is 186 g/mol. The third-order valence-corrected chi connectivity index (χ3v) is 3.21. The van der Waals surface area contributed by atoms with Gasteiger partial charge >= 0.3 is 0 Å². The number of H-pyrrole nitrogens is 1. The highest BCUT2D eigenvalue weighted by Gasteiger charge is 2.23. The molecular weight excluding hydrogens is 172 g/mol. The second-order valence-corrected chi connectivity index (χ2v) is 4.02. The topological polar surface area (TPSA) is 27.8 Å². The summed E-state index contributed by atoms with van der Waals surface area (Å²) in [5.41, 5.74) is 4.22. The molecule has 1 aliphatic rings. The Morgan fingerprint density at radius 3 is 3.00 bits per heavy atom. The molecule has 0 aliphatic heterocycles. The molecule has 1 atom stereocenters. The van der Waals surface area contributed by atoms with E-state index in [9.17, 15) is 0 Å². The van der Waals surface area contributed by atoms with Crippen LogP contribution in [-0.4, -0.2) is 18.1 Å². The van der Waals surface area contributed by atoms with Crippen LogP contribution >= 0.6 is 0 Å². The second-order valence-electron chi connectivity index (χ2n) is 4.02. The van der Waals surface area contributed by atoms with Crippen molar-refractivity contribution in [1.82, 2.24) is 10.3 Å².